The van der Waals surface area contributed by atoms with E-state index in [0.29, 0.717) is 12.1 Å². The minimum Gasteiger partial charge on any atom is -0.311 e. The highest BCUT2D eigenvalue weighted by Gasteiger charge is 2.38. The second-order valence-electron chi connectivity index (χ2n) is 7.29. The Labute approximate surface area is 114 Å². The number of hydrogen-bond acceptors (Lipinski definition) is 3. The Kier molecular flexibility index (Phi) is 4.20. The van der Waals surface area contributed by atoms with Crippen LogP contribution in [0.3, 0.4) is 0 Å². The molecular weight excluding hydrogens is 244 g/mol. The van der Waals surface area contributed by atoms with Gasteiger partial charge in [0, 0.05) is 45.5 Å². The maximum atomic E-state index is 11.4. The maximum Gasteiger partial charge on any atom is 0.0249 e. The molecule has 0 spiro atoms. The molecule has 0 atom stereocenters. The minimum atomic E-state index is -0.550. The first-order valence-corrected chi connectivity index (χ1v) is 8.65. The van der Waals surface area contributed by atoms with Crippen molar-refractivity contribution >= 4 is 10.8 Å². The van der Waals surface area contributed by atoms with Gasteiger partial charge in [-0.1, -0.05) is 0 Å². The zero-order chi connectivity index (χ0) is 13.4. The van der Waals surface area contributed by atoms with Crippen molar-refractivity contribution in [3.63, 3.8) is 0 Å². The third kappa shape index (κ3) is 4.04. The lowest BCUT2D eigenvalue weighted by atomic mass is 9.79. The molecule has 106 valence electrons. The Balaban J connectivity index is 1.90. The highest BCUT2D eigenvalue weighted by Crippen LogP contribution is 2.29. The fourth-order valence-corrected chi connectivity index (χ4v) is 5.03. The molecule has 0 aliphatic carbocycles. The fraction of sp³-hybridized carbons (Fsp3) is 1.00. The van der Waals surface area contributed by atoms with Gasteiger partial charge in [-0.25, -0.2) is 0 Å². The predicted octanol–water partition coefficient (Wildman–Crippen LogP) is 1.80. The lowest BCUT2D eigenvalue weighted by Crippen LogP contribution is -2.62. The van der Waals surface area contributed by atoms with E-state index in [2.05, 4.69) is 38.3 Å². The summed E-state index contributed by atoms with van der Waals surface area (Å²) in [5.74, 6) is 1.77. The second kappa shape index (κ2) is 5.22. The monoisotopic (exact) mass is 272 g/mol. The van der Waals surface area contributed by atoms with Crippen molar-refractivity contribution in [1.82, 2.24) is 10.6 Å². The van der Waals surface area contributed by atoms with Gasteiger partial charge in [-0.15, -0.1) is 0 Å². The molecule has 0 aromatic heterocycles. The van der Waals surface area contributed by atoms with Crippen molar-refractivity contribution in [2.45, 2.75) is 76.5 Å². The molecule has 2 aliphatic rings. The summed E-state index contributed by atoms with van der Waals surface area (Å²) in [4.78, 5) is 0. The molecule has 2 N–H and O–H groups in total. The van der Waals surface area contributed by atoms with Crippen LogP contribution in [0.2, 0.25) is 0 Å². The third-order valence-corrected chi connectivity index (χ3v) is 5.43. The van der Waals surface area contributed by atoms with Crippen LogP contribution in [0.5, 0.6) is 0 Å². The molecule has 2 rings (SSSR count). The summed E-state index contributed by atoms with van der Waals surface area (Å²) in [5, 5.41) is 7.53. The minimum absolute atomic E-state index is 0.205. The summed E-state index contributed by atoms with van der Waals surface area (Å²) >= 11 is 0. The molecule has 0 unspecified atom stereocenters. The first kappa shape index (κ1) is 14.5. The zero-order valence-electron chi connectivity index (χ0n) is 12.2. The maximum absolute atomic E-state index is 11.4. The van der Waals surface area contributed by atoms with Gasteiger partial charge < -0.3 is 10.6 Å². The van der Waals surface area contributed by atoms with Crippen LogP contribution in [0.1, 0.15) is 53.4 Å². The summed E-state index contributed by atoms with van der Waals surface area (Å²) in [6.45, 7) is 9.16. The summed E-state index contributed by atoms with van der Waals surface area (Å²) < 4.78 is 11.4. The van der Waals surface area contributed by atoms with Crippen LogP contribution in [0.25, 0.3) is 0 Å². The van der Waals surface area contributed by atoms with E-state index in [9.17, 15) is 4.21 Å². The number of rotatable bonds is 2. The van der Waals surface area contributed by atoms with Gasteiger partial charge in [-0.3, -0.25) is 4.21 Å². The Morgan fingerprint density at radius 1 is 1.00 bits per heavy atom. The molecule has 2 heterocycles. The normalized spacial score (nSPS) is 36.4. The van der Waals surface area contributed by atoms with E-state index in [1.807, 2.05) is 0 Å². The average Bonchev–Trinajstić information content (AvgIpc) is 2.16. The van der Waals surface area contributed by atoms with Gasteiger partial charge in [0.25, 0.3) is 0 Å². The van der Waals surface area contributed by atoms with E-state index in [0.717, 1.165) is 24.3 Å². The topological polar surface area (TPSA) is 41.1 Å². The molecule has 2 aliphatic heterocycles. The molecule has 3 nitrogen and oxygen atoms in total. The first-order chi connectivity index (χ1) is 8.26. The van der Waals surface area contributed by atoms with Gasteiger partial charge >= 0.3 is 0 Å². The van der Waals surface area contributed by atoms with Crippen molar-refractivity contribution < 1.29 is 4.21 Å². The molecule has 0 bridgehead atoms. The number of nitrogens with one attached hydrogen (secondary N) is 2. The van der Waals surface area contributed by atoms with Crippen molar-refractivity contribution in [2.75, 3.05) is 11.5 Å². The van der Waals surface area contributed by atoms with E-state index < -0.39 is 10.8 Å². The van der Waals surface area contributed by atoms with E-state index in [1.165, 1.54) is 12.8 Å². The zero-order valence-corrected chi connectivity index (χ0v) is 13.0. The predicted molar refractivity (Wildman–Crippen MR) is 78.3 cm³/mol. The van der Waals surface area contributed by atoms with Gasteiger partial charge in [-0.05, 0) is 53.4 Å². The van der Waals surface area contributed by atoms with Gasteiger partial charge in [0.1, 0.15) is 0 Å². The molecule has 2 saturated heterocycles. The molecule has 2 fully saturated rings. The van der Waals surface area contributed by atoms with Crippen LogP contribution in [0.4, 0.5) is 0 Å². The van der Waals surface area contributed by atoms with Gasteiger partial charge in [0.05, 0.1) is 0 Å². The van der Waals surface area contributed by atoms with Crippen molar-refractivity contribution in [3.05, 3.63) is 0 Å². The van der Waals surface area contributed by atoms with E-state index in [1.54, 1.807) is 0 Å². The Morgan fingerprint density at radius 3 is 2.00 bits per heavy atom. The molecular formula is C14H28N2OS. The SMILES string of the molecule is CC1(C)CC(NC2CCS(=O)CC2)CC(C)(C)N1. The van der Waals surface area contributed by atoms with Crippen molar-refractivity contribution in [1.29, 1.82) is 0 Å². The van der Waals surface area contributed by atoms with Crippen LogP contribution >= 0.6 is 0 Å². The Morgan fingerprint density at radius 2 is 1.50 bits per heavy atom. The van der Waals surface area contributed by atoms with E-state index in [4.69, 9.17) is 0 Å². The summed E-state index contributed by atoms with van der Waals surface area (Å²) in [7, 11) is -0.550. The fourth-order valence-electron chi connectivity index (χ4n) is 3.73. The van der Waals surface area contributed by atoms with Crippen LogP contribution in [-0.2, 0) is 10.8 Å². The summed E-state index contributed by atoms with van der Waals surface area (Å²) in [6.07, 6.45) is 4.51. The van der Waals surface area contributed by atoms with E-state index in [-0.39, 0.29) is 11.1 Å². The second-order valence-corrected chi connectivity index (χ2v) is 8.98. The molecule has 0 amide bonds. The lowest BCUT2D eigenvalue weighted by molar-refractivity contribution is 0.138. The smallest absolute Gasteiger partial charge is 0.0249 e. The standard InChI is InChI=1S/C14H28N2OS/c1-13(2)9-12(10-14(3,4)16-13)15-11-5-7-18(17)8-6-11/h11-12,15-16H,5-10H2,1-4H3. The number of piperidine rings is 1. The molecule has 0 saturated carbocycles. The molecule has 4 heteroatoms. The Bertz CT molecular complexity index is 302. The Hall–Kier alpha value is 0.0700. The van der Waals surface area contributed by atoms with Crippen molar-refractivity contribution in [2.24, 2.45) is 0 Å². The van der Waals surface area contributed by atoms with Crippen LogP contribution in [0.15, 0.2) is 0 Å². The van der Waals surface area contributed by atoms with Gasteiger partial charge in [0.2, 0.25) is 0 Å². The quantitative estimate of drug-likeness (QED) is 0.805. The molecule has 0 aromatic carbocycles. The van der Waals surface area contributed by atoms with Crippen LogP contribution < -0.4 is 10.6 Å². The summed E-state index contributed by atoms with van der Waals surface area (Å²) in [6, 6.07) is 1.17. The molecule has 0 aromatic rings. The highest BCUT2D eigenvalue weighted by molar-refractivity contribution is 7.85. The summed E-state index contributed by atoms with van der Waals surface area (Å²) in [5.41, 5.74) is 0.411. The highest BCUT2D eigenvalue weighted by atomic mass is 32.2. The largest absolute Gasteiger partial charge is 0.311 e. The van der Waals surface area contributed by atoms with E-state index >= 15 is 0 Å². The average molecular weight is 272 g/mol. The molecule has 18 heavy (non-hydrogen) atoms. The van der Waals surface area contributed by atoms with Crippen molar-refractivity contribution in [3.8, 4) is 0 Å². The first-order valence-electron chi connectivity index (χ1n) is 7.16. The van der Waals surface area contributed by atoms with Crippen LogP contribution in [-0.4, -0.2) is 38.9 Å². The lowest BCUT2D eigenvalue weighted by Gasteiger charge is -2.47. The number of hydrogen-bond donors (Lipinski definition) is 2. The van der Waals surface area contributed by atoms with Gasteiger partial charge in [-0.2, -0.15) is 0 Å². The molecule has 0 radical (unpaired) electrons. The van der Waals surface area contributed by atoms with Crippen LogP contribution in [0, 0.1) is 0 Å². The third-order valence-electron chi connectivity index (χ3n) is 4.05. The van der Waals surface area contributed by atoms with Gasteiger partial charge in [0.15, 0.2) is 0 Å².